The van der Waals surface area contributed by atoms with Crippen LogP contribution in [0.2, 0.25) is 5.02 Å². The molecule has 2 N–H and O–H groups in total. The highest BCUT2D eigenvalue weighted by molar-refractivity contribution is 6.43. The number of anilines is 1. The summed E-state index contributed by atoms with van der Waals surface area (Å²) in [7, 11) is 0. The molecule has 2 aromatic rings. The molecule has 0 saturated heterocycles. The number of H-pyrrole nitrogens is 1. The van der Waals surface area contributed by atoms with Gasteiger partial charge in [0.15, 0.2) is 0 Å². The van der Waals surface area contributed by atoms with Gasteiger partial charge in [-0.3, -0.25) is 15.3 Å². The molecule has 0 spiro atoms. The van der Waals surface area contributed by atoms with E-state index >= 15 is 0 Å². The number of amides is 1. The van der Waals surface area contributed by atoms with Gasteiger partial charge >= 0.3 is 0 Å². The zero-order valence-electron chi connectivity index (χ0n) is 14.8. The first-order valence-corrected chi connectivity index (χ1v) is 8.86. The molecule has 1 atom stereocenters. The zero-order valence-corrected chi connectivity index (χ0v) is 15.5. The van der Waals surface area contributed by atoms with Gasteiger partial charge in [-0.15, -0.1) is 0 Å². The Morgan fingerprint density at radius 3 is 2.92 bits per heavy atom. The summed E-state index contributed by atoms with van der Waals surface area (Å²) in [6, 6.07) is 5.65. The molecule has 25 heavy (non-hydrogen) atoms. The van der Waals surface area contributed by atoms with Crippen LogP contribution in [0.3, 0.4) is 0 Å². The Kier molecular flexibility index (Phi) is 4.69. The lowest BCUT2D eigenvalue weighted by molar-refractivity contribution is -0.112. The third-order valence-corrected chi connectivity index (χ3v) is 5.34. The highest BCUT2D eigenvalue weighted by atomic mass is 35.5. The van der Waals surface area contributed by atoms with Crippen molar-refractivity contribution in [1.29, 1.82) is 5.41 Å². The molecule has 0 bridgehead atoms. The second kappa shape index (κ2) is 6.64. The summed E-state index contributed by atoms with van der Waals surface area (Å²) in [4.78, 5) is 14.6. The number of nitrogens with zero attached hydrogens (tertiary/aromatic N) is 2. The summed E-state index contributed by atoms with van der Waals surface area (Å²) in [6.07, 6.45) is 4.75. The Morgan fingerprint density at radius 2 is 2.24 bits per heavy atom. The van der Waals surface area contributed by atoms with Crippen LogP contribution in [0.5, 0.6) is 0 Å². The van der Waals surface area contributed by atoms with Gasteiger partial charge in [0, 0.05) is 35.4 Å². The van der Waals surface area contributed by atoms with E-state index in [1.54, 1.807) is 17.3 Å². The average molecular weight is 359 g/mol. The first-order valence-electron chi connectivity index (χ1n) is 8.48. The van der Waals surface area contributed by atoms with Gasteiger partial charge in [0.2, 0.25) is 0 Å². The van der Waals surface area contributed by atoms with Crippen LogP contribution in [-0.2, 0) is 10.2 Å². The van der Waals surface area contributed by atoms with Crippen LogP contribution in [0.1, 0.15) is 50.7 Å². The van der Waals surface area contributed by atoms with Crippen LogP contribution in [0.4, 0.5) is 5.69 Å². The number of nitrogens with one attached hydrogen (secondary N) is 2. The van der Waals surface area contributed by atoms with E-state index in [4.69, 9.17) is 17.0 Å². The van der Waals surface area contributed by atoms with Crippen LogP contribution < -0.4 is 4.90 Å². The summed E-state index contributed by atoms with van der Waals surface area (Å²) < 4.78 is 0. The molecule has 1 aliphatic heterocycles. The largest absolute Gasteiger partial charge is 0.307 e. The summed E-state index contributed by atoms with van der Waals surface area (Å²) in [5.74, 6) is -0.176. The molecule has 0 fully saturated rings. The van der Waals surface area contributed by atoms with E-state index in [2.05, 4.69) is 24.0 Å². The summed E-state index contributed by atoms with van der Waals surface area (Å²) in [5, 5.41) is 15.7. The minimum Gasteiger partial charge on any atom is -0.307 e. The van der Waals surface area contributed by atoms with E-state index in [1.165, 1.54) is 0 Å². The van der Waals surface area contributed by atoms with Gasteiger partial charge in [0.05, 0.1) is 11.9 Å². The van der Waals surface area contributed by atoms with E-state index in [0.717, 1.165) is 23.2 Å². The van der Waals surface area contributed by atoms with Crippen molar-refractivity contribution in [2.45, 2.75) is 44.9 Å². The molecule has 1 unspecified atom stereocenters. The molecule has 1 amide bonds. The Bertz CT molecular complexity index is 798. The van der Waals surface area contributed by atoms with Crippen LogP contribution in [-0.4, -0.2) is 28.4 Å². The molecule has 5 nitrogen and oxygen atoms in total. The molecule has 0 radical (unpaired) electrons. The summed E-state index contributed by atoms with van der Waals surface area (Å²) in [5.41, 5.74) is 2.85. The predicted molar refractivity (Wildman–Crippen MR) is 101 cm³/mol. The van der Waals surface area contributed by atoms with Crippen LogP contribution in [0.25, 0.3) is 0 Å². The highest BCUT2D eigenvalue weighted by Gasteiger charge is 2.36. The molecule has 0 saturated carbocycles. The third kappa shape index (κ3) is 3.33. The lowest BCUT2D eigenvalue weighted by Gasteiger charge is -2.39. The van der Waals surface area contributed by atoms with Gasteiger partial charge < -0.3 is 4.90 Å². The highest BCUT2D eigenvalue weighted by Crippen LogP contribution is 2.43. The van der Waals surface area contributed by atoms with Crippen molar-refractivity contribution in [3.8, 4) is 0 Å². The fourth-order valence-electron chi connectivity index (χ4n) is 3.46. The maximum Gasteiger partial charge on any atom is 0.271 e. The summed E-state index contributed by atoms with van der Waals surface area (Å²) >= 11 is 6.43. The van der Waals surface area contributed by atoms with E-state index in [-0.39, 0.29) is 23.0 Å². The van der Waals surface area contributed by atoms with Crippen molar-refractivity contribution in [1.82, 2.24) is 10.2 Å². The molecule has 132 valence electrons. The van der Waals surface area contributed by atoms with Crippen molar-refractivity contribution in [2.75, 3.05) is 11.4 Å². The zero-order chi connectivity index (χ0) is 18.2. The number of aromatic nitrogens is 2. The lowest BCUT2D eigenvalue weighted by atomic mass is 9.77. The van der Waals surface area contributed by atoms with E-state index < -0.39 is 0 Å². The molecule has 2 heterocycles. The van der Waals surface area contributed by atoms with Gasteiger partial charge in [-0.2, -0.15) is 5.10 Å². The SMILES string of the molecule is CC(CC(=N)C(=O)N1CCC(C)(C)c2c(Cl)cccc21)c1cn[nH]c1. The predicted octanol–water partition coefficient (Wildman–Crippen LogP) is 4.29. The molecule has 6 heteroatoms. The normalized spacial score (nSPS) is 17.0. The fourth-order valence-corrected chi connectivity index (χ4v) is 3.89. The molecule has 0 aliphatic carbocycles. The number of hydrogen-bond acceptors (Lipinski definition) is 3. The average Bonchev–Trinajstić information content (AvgIpc) is 3.08. The van der Waals surface area contributed by atoms with Gasteiger partial charge in [-0.05, 0) is 35.4 Å². The van der Waals surface area contributed by atoms with Crippen molar-refractivity contribution in [2.24, 2.45) is 0 Å². The van der Waals surface area contributed by atoms with E-state index in [1.807, 2.05) is 25.1 Å². The molecule has 1 aromatic heterocycles. The van der Waals surface area contributed by atoms with Crippen molar-refractivity contribution in [3.05, 3.63) is 46.7 Å². The number of carbonyl (C=O) groups is 1. The van der Waals surface area contributed by atoms with Gasteiger partial charge in [0.25, 0.3) is 5.91 Å². The molecule has 1 aliphatic rings. The second-order valence-electron chi connectivity index (χ2n) is 7.34. The van der Waals surface area contributed by atoms with Crippen molar-refractivity contribution in [3.63, 3.8) is 0 Å². The van der Waals surface area contributed by atoms with Crippen LogP contribution in [0.15, 0.2) is 30.6 Å². The van der Waals surface area contributed by atoms with Crippen molar-refractivity contribution >= 4 is 28.9 Å². The summed E-state index contributed by atoms with van der Waals surface area (Å²) in [6.45, 7) is 6.89. The number of halogens is 1. The Hall–Kier alpha value is -2.14. The molecular formula is C19H23ClN4O. The minimum atomic E-state index is -0.241. The number of fused-ring (bicyclic) bond motifs is 1. The molecular weight excluding hydrogens is 336 g/mol. The Labute approximate surface area is 152 Å². The number of hydrogen-bond donors (Lipinski definition) is 2. The van der Waals surface area contributed by atoms with Crippen LogP contribution >= 0.6 is 11.6 Å². The Balaban J connectivity index is 1.83. The Morgan fingerprint density at radius 1 is 1.48 bits per heavy atom. The molecule has 1 aromatic carbocycles. The quantitative estimate of drug-likeness (QED) is 0.800. The van der Waals surface area contributed by atoms with Crippen LogP contribution in [0, 0.1) is 5.41 Å². The number of carbonyl (C=O) groups excluding carboxylic acids is 1. The number of rotatable bonds is 4. The first-order chi connectivity index (χ1) is 11.8. The number of aromatic amines is 1. The monoisotopic (exact) mass is 358 g/mol. The smallest absolute Gasteiger partial charge is 0.271 e. The minimum absolute atomic E-state index is 0.0651. The van der Waals surface area contributed by atoms with Gasteiger partial charge in [-0.25, -0.2) is 0 Å². The van der Waals surface area contributed by atoms with E-state index in [9.17, 15) is 4.79 Å². The standard InChI is InChI=1S/C19H23ClN4O/c1-12(13-10-22-23-11-13)9-15(21)18(25)24-8-7-19(2,3)17-14(20)5-4-6-16(17)24/h4-6,10-12,21H,7-9H2,1-3H3,(H,22,23). The van der Waals surface area contributed by atoms with E-state index in [0.29, 0.717) is 18.0 Å². The third-order valence-electron chi connectivity index (χ3n) is 5.02. The number of benzene rings is 1. The first kappa shape index (κ1) is 17.7. The molecule has 3 rings (SSSR count). The fraction of sp³-hybridized carbons (Fsp3) is 0.421. The van der Waals surface area contributed by atoms with Gasteiger partial charge in [-0.1, -0.05) is 38.4 Å². The lowest BCUT2D eigenvalue weighted by Crippen LogP contribution is -2.44. The maximum absolute atomic E-state index is 12.9. The topological polar surface area (TPSA) is 72.8 Å². The van der Waals surface area contributed by atoms with Crippen molar-refractivity contribution < 1.29 is 4.79 Å². The second-order valence-corrected chi connectivity index (χ2v) is 7.75. The maximum atomic E-state index is 12.9. The van der Waals surface area contributed by atoms with Gasteiger partial charge in [0.1, 0.15) is 0 Å².